The lowest BCUT2D eigenvalue weighted by Crippen LogP contribution is -2.36. The SMILES string of the molecule is CC(=O)NCCOC(=O)c1ccc(C)c(S(=O)(=O)N2CCCCC2)c1. The van der Waals surface area contributed by atoms with Gasteiger partial charge in [0.2, 0.25) is 15.9 Å². The van der Waals surface area contributed by atoms with E-state index in [-0.39, 0.29) is 29.5 Å². The highest BCUT2D eigenvalue weighted by Crippen LogP contribution is 2.24. The molecule has 0 aromatic heterocycles. The molecule has 7 nitrogen and oxygen atoms in total. The lowest BCUT2D eigenvalue weighted by atomic mass is 10.1. The van der Waals surface area contributed by atoms with Gasteiger partial charge in [0.1, 0.15) is 6.61 Å². The first-order chi connectivity index (χ1) is 11.8. The van der Waals surface area contributed by atoms with Crippen LogP contribution in [0.15, 0.2) is 23.1 Å². The highest BCUT2D eigenvalue weighted by molar-refractivity contribution is 7.89. The van der Waals surface area contributed by atoms with Crippen LogP contribution in [0.1, 0.15) is 42.1 Å². The molecule has 2 rings (SSSR count). The van der Waals surface area contributed by atoms with Gasteiger partial charge in [0, 0.05) is 20.0 Å². The van der Waals surface area contributed by atoms with Crippen molar-refractivity contribution in [3.05, 3.63) is 29.3 Å². The van der Waals surface area contributed by atoms with Crippen LogP contribution in [0.25, 0.3) is 0 Å². The number of esters is 1. The zero-order chi connectivity index (χ0) is 18.4. The van der Waals surface area contributed by atoms with E-state index in [9.17, 15) is 18.0 Å². The highest BCUT2D eigenvalue weighted by atomic mass is 32.2. The van der Waals surface area contributed by atoms with Crippen molar-refractivity contribution in [3.8, 4) is 0 Å². The Kier molecular flexibility index (Phi) is 6.55. The van der Waals surface area contributed by atoms with Gasteiger partial charge in [-0.05, 0) is 37.5 Å². The van der Waals surface area contributed by atoms with E-state index in [4.69, 9.17) is 4.74 Å². The maximum absolute atomic E-state index is 12.8. The number of ether oxygens (including phenoxy) is 1. The average Bonchev–Trinajstić information content (AvgIpc) is 2.59. The first kappa shape index (κ1) is 19.4. The van der Waals surface area contributed by atoms with E-state index in [0.717, 1.165) is 19.3 Å². The second-order valence-electron chi connectivity index (χ2n) is 6.06. The maximum atomic E-state index is 12.8. The van der Waals surface area contributed by atoms with Crippen LogP contribution in [-0.2, 0) is 19.6 Å². The number of aryl methyl sites for hydroxylation is 1. The van der Waals surface area contributed by atoms with E-state index < -0.39 is 16.0 Å². The van der Waals surface area contributed by atoms with Gasteiger partial charge >= 0.3 is 5.97 Å². The summed E-state index contributed by atoms with van der Waals surface area (Å²) < 4.78 is 32.2. The molecule has 1 aliphatic heterocycles. The van der Waals surface area contributed by atoms with E-state index in [2.05, 4.69) is 5.32 Å². The van der Waals surface area contributed by atoms with E-state index in [1.165, 1.54) is 17.3 Å². The van der Waals surface area contributed by atoms with E-state index >= 15 is 0 Å². The lowest BCUT2D eigenvalue weighted by Gasteiger charge is -2.26. The summed E-state index contributed by atoms with van der Waals surface area (Å²) in [6, 6.07) is 4.53. The number of rotatable bonds is 6. The molecule has 0 aliphatic carbocycles. The first-order valence-electron chi connectivity index (χ1n) is 8.35. The van der Waals surface area contributed by atoms with E-state index in [1.807, 2.05) is 0 Å². The average molecular weight is 368 g/mol. The van der Waals surface area contributed by atoms with Crippen molar-refractivity contribution in [2.24, 2.45) is 0 Å². The Hall–Kier alpha value is -1.93. The van der Waals surface area contributed by atoms with Crippen LogP contribution < -0.4 is 5.32 Å². The Morgan fingerprint density at radius 1 is 1.20 bits per heavy atom. The van der Waals surface area contributed by atoms with Crippen molar-refractivity contribution < 1.29 is 22.7 Å². The number of carbonyl (C=O) groups is 2. The molecule has 0 spiro atoms. The van der Waals surface area contributed by atoms with Gasteiger partial charge in [-0.25, -0.2) is 13.2 Å². The predicted molar refractivity (Wildman–Crippen MR) is 92.8 cm³/mol. The molecule has 0 bridgehead atoms. The molecule has 1 saturated heterocycles. The molecule has 0 radical (unpaired) electrons. The van der Waals surface area contributed by atoms with E-state index in [1.54, 1.807) is 19.1 Å². The molecule has 1 fully saturated rings. The molecule has 138 valence electrons. The van der Waals surface area contributed by atoms with Crippen LogP contribution in [0.3, 0.4) is 0 Å². The van der Waals surface area contributed by atoms with Crippen molar-refractivity contribution in [1.82, 2.24) is 9.62 Å². The molecule has 0 atom stereocenters. The summed E-state index contributed by atoms with van der Waals surface area (Å²) >= 11 is 0. The number of hydrogen-bond donors (Lipinski definition) is 1. The predicted octanol–water partition coefficient (Wildman–Crippen LogP) is 1.46. The van der Waals surface area contributed by atoms with Gasteiger partial charge in [-0.1, -0.05) is 12.5 Å². The Bertz CT molecular complexity index is 739. The number of amides is 1. The molecule has 1 aromatic rings. The highest BCUT2D eigenvalue weighted by Gasteiger charge is 2.28. The minimum Gasteiger partial charge on any atom is -0.460 e. The van der Waals surface area contributed by atoms with Crippen LogP contribution in [0.5, 0.6) is 0 Å². The third kappa shape index (κ3) is 5.02. The Balaban J connectivity index is 2.13. The largest absolute Gasteiger partial charge is 0.460 e. The standard InChI is InChI=1S/C17H24N2O5S/c1-13-6-7-15(17(21)24-11-8-18-14(2)20)12-16(13)25(22,23)19-9-4-3-5-10-19/h6-7,12H,3-5,8-11H2,1-2H3,(H,18,20). The molecular weight excluding hydrogens is 344 g/mol. The molecular formula is C17H24N2O5S. The van der Waals surface area contributed by atoms with Gasteiger partial charge in [-0.15, -0.1) is 0 Å². The smallest absolute Gasteiger partial charge is 0.338 e. The van der Waals surface area contributed by atoms with Gasteiger partial charge < -0.3 is 10.1 Å². The van der Waals surface area contributed by atoms with Crippen LogP contribution in [0.4, 0.5) is 0 Å². The first-order valence-corrected chi connectivity index (χ1v) is 9.79. The second kappa shape index (κ2) is 8.44. The molecule has 0 unspecified atom stereocenters. The molecule has 1 aromatic carbocycles. The fourth-order valence-electron chi connectivity index (χ4n) is 2.70. The minimum atomic E-state index is -3.62. The van der Waals surface area contributed by atoms with Crippen LogP contribution >= 0.6 is 0 Å². The van der Waals surface area contributed by atoms with Gasteiger partial charge in [0.25, 0.3) is 0 Å². The van der Waals surface area contributed by atoms with Gasteiger partial charge in [-0.3, -0.25) is 4.79 Å². The third-order valence-electron chi connectivity index (χ3n) is 4.07. The topological polar surface area (TPSA) is 92.8 Å². The number of hydrogen-bond acceptors (Lipinski definition) is 5. The van der Waals surface area contributed by atoms with Crippen molar-refractivity contribution >= 4 is 21.9 Å². The molecule has 1 aliphatic rings. The number of nitrogens with one attached hydrogen (secondary N) is 1. The summed E-state index contributed by atoms with van der Waals surface area (Å²) in [7, 11) is -3.62. The Morgan fingerprint density at radius 3 is 2.52 bits per heavy atom. The maximum Gasteiger partial charge on any atom is 0.338 e. The van der Waals surface area contributed by atoms with Crippen LogP contribution in [0, 0.1) is 6.92 Å². The number of carbonyl (C=O) groups excluding carboxylic acids is 2. The Labute approximate surface area is 148 Å². The fraction of sp³-hybridized carbons (Fsp3) is 0.529. The summed E-state index contributed by atoms with van der Waals surface area (Å²) in [5.74, 6) is -0.818. The lowest BCUT2D eigenvalue weighted by molar-refractivity contribution is -0.119. The number of benzene rings is 1. The molecule has 1 N–H and O–H groups in total. The normalized spacial score (nSPS) is 15.6. The number of piperidine rings is 1. The number of nitrogens with zero attached hydrogens (tertiary/aromatic N) is 1. The summed E-state index contributed by atoms with van der Waals surface area (Å²) in [6.07, 6.45) is 2.73. The minimum absolute atomic E-state index is 0.0283. The second-order valence-corrected chi connectivity index (χ2v) is 7.97. The molecule has 1 heterocycles. The monoisotopic (exact) mass is 368 g/mol. The van der Waals surface area contributed by atoms with Crippen LogP contribution in [0.2, 0.25) is 0 Å². The molecule has 1 amide bonds. The van der Waals surface area contributed by atoms with Crippen molar-refractivity contribution in [3.63, 3.8) is 0 Å². The third-order valence-corrected chi connectivity index (χ3v) is 6.11. The van der Waals surface area contributed by atoms with E-state index in [0.29, 0.717) is 18.7 Å². The van der Waals surface area contributed by atoms with Crippen molar-refractivity contribution in [2.45, 2.75) is 38.0 Å². The zero-order valence-corrected chi connectivity index (χ0v) is 15.4. The molecule has 8 heteroatoms. The molecule has 25 heavy (non-hydrogen) atoms. The number of sulfonamides is 1. The van der Waals surface area contributed by atoms with Crippen molar-refractivity contribution in [2.75, 3.05) is 26.2 Å². The zero-order valence-electron chi connectivity index (χ0n) is 14.6. The van der Waals surface area contributed by atoms with Gasteiger partial charge in [0.05, 0.1) is 17.0 Å². The quantitative estimate of drug-likeness (QED) is 0.606. The molecule has 0 saturated carbocycles. The summed E-state index contributed by atoms with van der Waals surface area (Å²) in [5.41, 5.74) is 0.782. The van der Waals surface area contributed by atoms with Crippen LogP contribution in [-0.4, -0.2) is 50.8 Å². The summed E-state index contributed by atoms with van der Waals surface area (Å²) in [4.78, 5) is 23.0. The summed E-state index contributed by atoms with van der Waals surface area (Å²) in [6.45, 7) is 4.34. The van der Waals surface area contributed by atoms with Gasteiger partial charge in [0.15, 0.2) is 0 Å². The Morgan fingerprint density at radius 2 is 1.88 bits per heavy atom. The van der Waals surface area contributed by atoms with Crippen molar-refractivity contribution in [1.29, 1.82) is 0 Å². The summed E-state index contributed by atoms with van der Waals surface area (Å²) in [5, 5.41) is 2.52. The fourth-order valence-corrected chi connectivity index (χ4v) is 4.47. The van der Waals surface area contributed by atoms with Gasteiger partial charge in [-0.2, -0.15) is 4.31 Å².